The Kier molecular flexibility index (Phi) is 5.70. The van der Waals surface area contributed by atoms with Crippen molar-refractivity contribution >= 4 is 22.7 Å². The Morgan fingerprint density at radius 3 is 2.82 bits per heavy atom. The number of ether oxygens (including phenoxy) is 1. The first kappa shape index (κ1) is 21.0. The van der Waals surface area contributed by atoms with Gasteiger partial charge in [0.25, 0.3) is 5.56 Å². The number of hydrogen-bond acceptors (Lipinski definition) is 7. The largest absolute Gasteiger partial charge is 0.497 e. The highest BCUT2D eigenvalue weighted by atomic mass is 32.2. The van der Waals surface area contributed by atoms with E-state index in [2.05, 4.69) is 20.2 Å². The van der Waals surface area contributed by atoms with Crippen molar-refractivity contribution in [3.8, 4) is 17.1 Å². The summed E-state index contributed by atoms with van der Waals surface area (Å²) in [5.41, 5.74) is 1.39. The van der Waals surface area contributed by atoms with Gasteiger partial charge in [-0.15, -0.1) is 10.2 Å². The first-order valence-electron chi connectivity index (χ1n) is 10.4. The lowest BCUT2D eigenvalue weighted by Gasteiger charge is -2.13. The van der Waals surface area contributed by atoms with E-state index in [1.165, 1.54) is 11.8 Å². The van der Waals surface area contributed by atoms with Crippen molar-refractivity contribution in [2.45, 2.75) is 23.9 Å². The molecule has 0 aliphatic rings. The van der Waals surface area contributed by atoms with Gasteiger partial charge >= 0.3 is 0 Å². The molecule has 0 aliphatic heterocycles. The van der Waals surface area contributed by atoms with Gasteiger partial charge in [0, 0.05) is 5.56 Å². The van der Waals surface area contributed by atoms with Gasteiger partial charge in [0.1, 0.15) is 17.3 Å². The van der Waals surface area contributed by atoms with E-state index in [0.717, 1.165) is 17.1 Å². The molecule has 0 aliphatic carbocycles. The summed E-state index contributed by atoms with van der Waals surface area (Å²) in [6, 6.07) is 18.8. The van der Waals surface area contributed by atoms with Gasteiger partial charge in [0.2, 0.25) is 0 Å². The number of hydrogen-bond donors (Lipinski definition) is 1. The Hall–Kier alpha value is -3.85. The second-order valence-corrected chi connectivity index (χ2v) is 8.74. The lowest BCUT2D eigenvalue weighted by molar-refractivity contribution is 0.415. The zero-order valence-electron chi connectivity index (χ0n) is 18.1. The Morgan fingerprint density at radius 2 is 2.00 bits per heavy atom. The van der Waals surface area contributed by atoms with E-state index in [-0.39, 0.29) is 10.8 Å². The first-order chi connectivity index (χ1) is 16.1. The molecule has 3 aromatic heterocycles. The monoisotopic (exact) mass is 459 g/mol. The van der Waals surface area contributed by atoms with Crippen LogP contribution in [0.2, 0.25) is 0 Å². The summed E-state index contributed by atoms with van der Waals surface area (Å²) in [5, 5.41) is 10.0. The maximum absolute atomic E-state index is 12.5. The minimum atomic E-state index is -0.167. The minimum Gasteiger partial charge on any atom is -0.497 e. The van der Waals surface area contributed by atoms with E-state index >= 15 is 0 Å². The molecule has 1 N–H and O–H groups in total. The molecule has 0 spiro atoms. The highest BCUT2D eigenvalue weighted by Gasteiger charge is 2.20. The molecule has 166 valence electrons. The van der Waals surface area contributed by atoms with Crippen molar-refractivity contribution < 1.29 is 9.15 Å². The zero-order valence-corrected chi connectivity index (χ0v) is 18.9. The van der Waals surface area contributed by atoms with E-state index in [9.17, 15) is 4.79 Å². The summed E-state index contributed by atoms with van der Waals surface area (Å²) in [7, 11) is 1.63. The summed E-state index contributed by atoms with van der Waals surface area (Å²) >= 11 is 1.47. The Morgan fingerprint density at radius 1 is 1.12 bits per heavy atom. The van der Waals surface area contributed by atoms with Gasteiger partial charge in [-0.1, -0.05) is 36.0 Å². The average molecular weight is 460 g/mol. The van der Waals surface area contributed by atoms with Gasteiger partial charge in [-0.3, -0.25) is 9.36 Å². The molecule has 5 rings (SSSR count). The van der Waals surface area contributed by atoms with Crippen LogP contribution in [0.1, 0.15) is 23.8 Å². The lowest BCUT2D eigenvalue weighted by atomic mass is 10.2. The van der Waals surface area contributed by atoms with Crippen LogP contribution >= 0.6 is 11.8 Å². The van der Waals surface area contributed by atoms with Gasteiger partial charge in [-0.25, -0.2) is 4.98 Å². The number of aromatic amines is 1. The molecule has 0 saturated carbocycles. The molecular weight excluding hydrogens is 438 g/mol. The summed E-state index contributed by atoms with van der Waals surface area (Å²) in [6.45, 7) is 2.44. The van der Waals surface area contributed by atoms with E-state index in [0.29, 0.717) is 34.3 Å². The predicted molar refractivity (Wildman–Crippen MR) is 126 cm³/mol. The van der Waals surface area contributed by atoms with Crippen molar-refractivity contribution in [2.24, 2.45) is 0 Å². The molecule has 0 saturated heterocycles. The van der Waals surface area contributed by atoms with Gasteiger partial charge in [-0.2, -0.15) is 0 Å². The number of nitrogens with zero attached hydrogens (tertiary/aromatic N) is 4. The van der Waals surface area contributed by atoms with Crippen molar-refractivity contribution in [3.05, 3.63) is 88.9 Å². The standard InChI is InChI=1S/C24H21N5O3S/c1-15(21-25-20-11-4-3-10-19(20)23(30)26-21)33-24-28-27-22(16-7-5-8-17(13-16)31-2)29(24)14-18-9-6-12-32-18/h3-13,15H,14H2,1-2H3,(H,25,26,30)/t15-/m0/s1. The summed E-state index contributed by atoms with van der Waals surface area (Å²) in [5.74, 6) is 2.80. The fraction of sp³-hybridized carbons (Fsp3) is 0.167. The third-order valence-corrected chi connectivity index (χ3v) is 6.33. The van der Waals surface area contributed by atoms with E-state index in [1.807, 2.05) is 66.1 Å². The molecule has 0 radical (unpaired) electrons. The highest BCUT2D eigenvalue weighted by molar-refractivity contribution is 7.99. The Labute approximate surface area is 193 Å². The molecular formula is C24H21N5O3S. The van der Waals surface area contributed by atoms with Crippen LogP contribution in [0.5, 0.6) is 5.75 Å². The number of furan rings is 1. The average Bonchev–Trinajstić information content (AvgIpc) is 3.50. The molecule has 0 unspecified atom stereocenters. The number of methoxy groups -OCH3 is 1. The maximum Gasteiger partial charge on any atom is 0.258 e. The summed E-state index contributed by atoms with van der Waals surface area (Å²) in [4.78, 5) is 20.1. The van der Waals surface area contributed by atoms with Crippen LogP contribution in [0.3, 0.4) is 0 Å². The highest BCUT2D eigenvalue weighted by Crippen LogP contribution is 2.35. The van der Waals surface area contributed by atoms with Gasteiger partial charge < -0.3 is 14.1 Å². The van der Waals surface area contributed by atoms with Crippen LogP contribution in [0.15, 0.2) is 81.3 Å². The van der Waals surface area contributed by atoms with E-state index in [1.54, 1.807) is 19.4 Å². The molecule has 33 heavy (non-hydrogen) atoms. The lowest BCUT2D eigenvalue weighted by Crippen LogP contribution is -2.13. The second kappa shape index (κ2) is 8.95. The van der Waals surface area contributed by atoms with Gasteiger partial charge in [-0.05, 0) is 43.3 Å². The fourth-order valence-corrected chi connectivity index (χ4v) is 4.47. The number of benzene rings is 2. The smallest absolute Gasteiger partial charge is 0.258 e. The van der Waals surface area contributed by atoms with Crippen LogP contribution in [-0.4, -0.2) is 31.8 Å². The van der Waals surface area contributed by atoms with Crippen LogP contribution in [0, 0.1) is 0 Å². The number of thioether (sulfide) groups is 1. The van der Waals surface area contributed by atoms with E-state index < -0.39 is 0 Å². The fourth-order valence-electron chi connectivity index (χ4n) is 3.56. The minimum absolute atomic E-state index is 0.155. The number of rotatable bonds is 7. The molecule has 0 fully saturated rings. The topological polar surface area (TPSA) is 98.8 Å². The van der Waals surface area contributed by atoms with Crippen molar-refractivity contribution in [2.75, 3.05) is 7.11 Å². The quantitative estimate of drug-likeness (QED) is 0.353. The molecule has 0 amide bonds. The molecule has 3 heterocycles. The molecule has 2 aromatic carbocycles. The van der Waals surface area contributed by atoms with E-state index in [4.69, 9.17) is 9.15 Å². The number of H-pyrrole nitrogens is 1. The Balaban J connectivity index is 1.52. The van der Waals surface area contributed by atoms with Crippen LogP contribution in [-0.2, 0) is 6.54 Å². The Bertz CT molecular complexity index is 1460. The molecule has 9 heteroatoms. The van der Waals surface area contributed by atoms with Crippen LogP contribution in [0.25, 0.3) is 22.3 Å². The second-order valence-electron chi connectivity index (χ2n) is 7.43. The van der Waals surface area contributed by atoms with Crippen molar-refractivity contribution in [1.29, 1.82) is 0 Å². The predicted octanol–water partition coefficient (Wildman–Crippen LogP) is 4.68. The zero-order chi connectivity index (χ0) is 22.8. The van der Waals surface area contributed by atoms with Gasteiger partial charge in [0.15, 0.2) is 11.0 Å². The SMILES string of the molecule is COc1cccc(-c2nnc(S[C@@H](C)c3nc4ccccc4c(=O)[nH]3)n2Cc2ccco2)c1. The number of nitrogens with one attached hydrogen (secondary N) is 1. The molecule has 8 nitrogen and oxygen atoms in total. The van der Waals surface area contributed by atoms with Crippen molar-refractivity contribution in [1.82, 2.24) is 24.7 Å². The van der Waals surface area contributed by atoms with Gasteiger partial charge in [0.05, 0.1) is 36.1 Å². The molecule has 5 aromatic rings. The van der Waals surface area contributed by atoms with Crippen LogP contribution < -0.4 is 10.3 Å². The summed E-state index contributed by atoms with van der Waals surface area (Å²) in [6.07, 6.45) is 1.64. The summed E-state index contributed by atoms with van der Waals surface area (Å²) < 4.78 is 12.9. The maximum atomic E-state index is 12.5. The number of aromatic nitrogens is 5. The third-order valence-electron chi connectivity index (χ3n) is 5.24. The molecule has 1 atom stereocenters. The molecule has 0 bridgehead atoms. The number of fused-ring (bicyclic) bond motifs is 1. The van der Waals surface area contributed by atoms with Crippen LogP contribution in [0.4, 0.5) is 0 Å². The third kappa shape index (κ3) is 4.27. The normalized spacial score (nSPS) is 12.2. The van der Waals surface area contributed by atoms with Crippen molar-refractivity contribution in [3.63, 3.8) is 0 Å². The number of para-hydroxylation sites is 1. The first-order valence-corrected chi connectivity index (χ1v) is 11.3.